The summed E-state index contributed by atoms with van der Waals surface area (Å²) in [6, 6.07) is 12.1. The molecule has 2 aromatic carbocycles. The average Bonchev–Trinajstić information content (AvgIpc) is 2.67. The van der Waals surface area contributed by atoms with Crippen molar-refractivity contribution in [2.24, 2.45) is 0 Å². The zero-order valence-electron chi connectivity index (χ0n) is 18.8. The first-order valence-electron chi connectivity index (χ1n) is 10.2. The number of hydrogen-bond donors (Lipinski definition) is 2. The lowest BCUT2D eigenvalue weighted by Gasteiger charge is -2.21. The maximum Gasteiger partial charge on any atom is 0.279 e. The van der Waals surface area contributed by atoms with Crippen LogP contribution in [-0.2, 0) is 11.3 Å². The van der Waals surface area contributed by atoms with Crippen LogP contribution in [0.1, 0.15) is 56.2 Å². The molecule has 0 spiro atoms. The van der Waals surface area contributed by atoms with Gasteiger partial charge in [0.2, 0.25) is 0 Å². The average molecular weight is 400 g/mol. The zero-order chi connectivity index (χ0) is 21.6. The standard InChI is InChI=1S/C24H34N2O3/c1-16(2)19-11-9-12-20(17(3)4)23(19)25-22(27)15-26(5)14-18-10-8-13-21(28-6)24(18)29-7/h8-13,16-17H,14-15H2,1-7H3,(H,25,27)/p+1. The summed E-state index contributed by atoms with van der Waals surface area (Å²) >= 11 is 0. The third kappa shape index (κ3) is 5.73. The number of anilines is 1. The Labute approximate surface area is 175 Å². The molecule has 2 aromatic rings. The normalized spacial score (nSPS) is 12.2. The number of rotatable bonds is 9. The molecule has 2 N–H and O–H groups in total. The van der Waals surface area contributed by atoms with Crippen molar-refractivity contribution in [3.8, 4) is 11.5 Å². The Hall–Kier alpha value is -2.53. The minimum absolute atomic E-state index is 0.0133. The molecule has 0 saturated carbocycles. The van der Waals surface area contributed by atoms with Gasteiger partial charge in [0.05, 0.1) is 26.8 Å². The van der Waals surface area contributed by atoms with E-state index in [0.717, 1.165) is 21.9 Å². The van der Waals surface area contributed by atoms with E-state index in [2.05, 4.69) is 51.2 Å². The fourth-order valence-electron chi connectivity index (χ4n) is 3.63. The molecule has 2 rings (SSSR count). The monoisotopic (exact) mass is 399 g/mol. The van der Waals surface area contributed by atoms with Crippen LogP contribution < -0.4 is 19.7 Å². The highest BCUT2D eigenvalue weighted by Crippen LogP contribution is 2.32. The maximum atomic E-state index is 12.9. The van der Waals surface area contributed by atoms with E-state index >= 15 is 0 Å². The van der Waals surface area contributed by atoms with Crippen molar-refractivity contribution in [2.75, 3.05) is 33.1 Å². The lowest BCUT2D eigenvalue weighted by atomic mass is 9.92. The summed E-state index contributed by atoms with van der Waals surface area (Å²) in [6.45, 7) is 9.65. The molecule has 29 heavy (non-hydrogen) atoms. The van der Waals surface area contributed by atoms with Crippen LogP contribution in [0.4, 0.5) is 5.69 Å². The van der Waals surface area contributed by atoms with Crippen LogP contribution in [0.15, 0.2) is 36.4 Å². The van der Waals surface area contributed by atoms with E-state index in [0.29, 0.717) is 30.7 Å². The Morgan fingerprint density at radius 1 is 0.966 bits per heavy atom. The summed E-state index contributed by atoms with van der Waals surface area (Å²) < 4.78 is 10.9. The van der Waals surface area contributed by atoms with Crippen LogP contribution in [0.3, 0.4) is 0 Å². The Kier molecular flexibility index (Phi) is 8.09. The van der Waals surface area contributed by atoms with Crippen molar-refractivity contribution in [2.45, 2.75) is 46.1 Å². The van der Waals surface area contributed by atoms with Gasteiger partial charge in [-0.1, -0.05) is 52.0 Å². The Morgan fingerprint density at radius 2 is 1.55 bits per heavy atom. The molecule has 0 aliphatic heterocycles. The molecule has 0 aliphatic carbocycles. The van der Waals surface area contributed by atoms with Gasteiger partial charge in [-0.3, -0.25) is 4.79 Å². The lowest BCUT2D eigenvalue weighted by Crippen LogP contribution is -3.08. The topological polar surface area (TPSA) is 52.0 Å². The molecule has 5 heteroatoms. The van der Waals surface area contributed by atoms with Gasteiger partial charge in [-0.2, -0.15) is 0 Å². The number of methoxy groups -OCH3 is 2. The predicted molar refractivity (Wildman–Crippen MR) is 118 cm³/mol. The molecule has 5 nitrogen and oxygen atoms in total. The first-order chi connectivity index (χ1) is 13.8. The molecule has 0 fully saturated rings. The second-order valence-corrected chi connectivity index (χ2v) is 8.13. The van der Waals surface area contributed by atoms with Crippen molar-refractivity contribution >= 4 is 11.6 Å². The number of para-hydroxylation sites is 2. The number of carbonyl (C=O) groups excluding carboxylic acids is 1. The van der Waals surface area contributed by atoms with E-state index in [1.807, 2.05) is 25.2 Å². The van der Waals surface area contributed by atoms with E-state index in [1.165, 1.54) is 11.1 Å². The lowest BCUT2D eigenvalue weighted by molar-refractivity contribution is -0.885. The van der Waals surface area contributed by atoms with Crippen LogP contribution in [-0.4, -0.2) is 33.7 Å². The van der Waals surface area contributed by atoms with Crippen molar-refractivity contribution in [1.82, 2.24) is 0 Å². The van der Waals surface area contributed by atoms with Crippen LogP contribution in [0, 0.1) is 0 Å². The zero-order valence-corrected chi connectivity index (χ0v) is 18.8. The van der Waals surface area contributed by atoms with Gasteiger partial charge in [0.15, 0.2) is 18.0 Å². The molecular weight excluding hydrogens is 364 g/mol. The number of nitrogens with one attached hydrogen (secondary N) is 2. The van der Waals surface area contributed by atoms with Crippen molar-refractivity contribution in [3.05, 3.63) is 53.1 Å². The fraction of sp³-hybridized carbons (Fsp3) is 0.458. The summed E-state index contributed by atoms with van der Waals surface area (Å²) in [4.78, 5) is 13.9. The summed E-state index contributed by atoms with van der Waals surface area (Å²) in [5, 5.41) is 3.19. The molecule has 0 radical (unpaired) electrons. The summed E-state index contributed by atoms with van der Waals surface area (Å²) in [6.07, 6.45) is 0. The molecule has 0 heterocycles. The van der Waals surface area contributed by atoms with Gasteiger partial charge < -0.3 is 19.7 Å². The Morgan fingerprint density at radius 3 is 2.07 bits per heavy atom. The van der Waals surface area contributed by atoms with Gasteiger partial charge in [0.25, 0.3) is 5.91 Å². The van der Waals surface area contributed by atoms with Crippen LogP contribution in [0.25, 0.3) is 0 Å². The number of hydrogen-bond acceptors (Lipinski definition) is 3. The minimum atomic E-state index is 0.0133. The summed E-state index contributed by atoms with van der Waals surface area (Å²) in [5.74, 6) is 2.13. The largest absolute Gasteiger partial charge is 0.493 e. The highest BCUT2D eigenvalue weighted by Gasteiger charge is 2.19. The van der Waals surface area contributed by atoms with Crippen LogP contribution >= 0.6 is 0 Å². The van der Waals surface area contributed by atoms with Gasteiger partial charge in [-0.05, 0) is 35.1 Å². The third-order valence-electron chi connectivity index (χ3n) is 5.08. The number of amides is 1. The van der Waals surface area contributed by atoms with Gasteiger partial charge in [-0.25, -0.2) is 0 Å². The third-order valence-corrected chi connectivity index (χ3v) is 5.08. The molecule has 1 unspecified atom stereocenters. The first-order valence-corrected chi connectivity index (χ1v) is 10.2. The molecular formula is C24H35N2O3+. The molecule has 1 amide bonds. The molecule has 0 aromatic heterocycles. The Bertz CT molecular complexity index is 805. The van der Waals surface area contributed by atoms with Crippen LogP contribution in [0.5, 0.6) is 11.5 Å². The highest BCUT2D eigenvalue weighted by molar-refractivity contribution is 5.93. The van der Waals surface area contributed by atoms with E-state index in [9.17, 15) is 4.79 Å². The van der Waals surface area contributed by atoms with Gasteiger partial charge in [0, 0.05) is 5.69 Å². The van der Waals surface area contributed by atoms with E-state index < -0.39 is 0 Å². The van der Waals surface area contributed by atoms with Gasteiger partial charge >= 0.3 is 0 Å². The van der Waals surface area contributed by atoms with Crippen molar-refractivity contribution < 1.29 is 19.2 Å². The van der Waals surface area contributed by atoms with Crippen molar-refractivity contribution in [3.63, 3.8) is 0 Å². The number of benzene rings is 2. The van der Waals surface area contributed by atoms with E-state index in [1.54, 1.807) is 14.2 Å². The second kappa shape index (κ2) is 10.3. The predicted octanol–water partition coefficient (Wildman–Crippen LogP) is 3.60. The molecule has 0 bridgehead atoms. The summed E-state index contributed by atoms with van der Waals surface area (Å²) in [5.41, 5.74) is 4.34. The van der Waals surface area contributed by atoms with E-state index in [-0.39, 0.29) is 5.91 Å². The SMILES string of the molecule is COc1cccc(C[NH+](C)CC(=O)Nc2c(C(C)C)cccc2C(C)C)c1OC. The smallest absolute Gasteiger partial charge is 0.279 e. The van der Waals surface area contributed by atoms with Gasteiger partial charge in [0.1, 0.15) is 6.54 Å². The molecule has 0 saturated heterocycles. The van der Waals surface area contributed by atoms with Crippen LogP contribution in [0.2, 0.25) is 0 Å². The first kappa shape index (κ1) is 22.8. The Balaban J connectivity index is 2.14. The highest BCUT2D eigenvalue weighted by atomic mass is 16.5. The number of likely N-dealkylation sites (N-methyl/N-ethyl adjacent to an activating group) is 1. The maximum absolute atomic E-state index is 12.9. The number of ether oxygens (including phenoxy) is 2. The summed E-state index contributed by atoms with van der Waals surface area (Å²) in [7, 11) is 5.28. The van der Waals surface area contributed by atoms with E-state index in [4.69, 9.17) is 9.47 Å². The number of quaternary nitrogens is 1. The van der Waals surface area contributed by atoms with Crippen molar-refractivity contribution in [1.29, 1.82) is 0 Å². The molecule has 1 atom stereocenters. The fourth-order valence-corrected chi connectivity index (χ4v) is 3.63. The second-order valence-electron chi connectivity index (χ2n) is 8.13. The minimum Gasteiger partial charge on any atom is -0.493 e. The number of carbonyl (C=O) groups is 1. The quantitative estimate of drug-likeness (QED) is 0.677. The van der Waals surface area contributed by atoms with Gasteiger partial charge in [-0.15, -0.1) is 0 Å². The molecule has 0 aliphatic rings. The molecule has 158 valence electrons.